The summed E-state index contributed by atoms with van der Waals surface area (Å²) in [5, 5.41) is 11.5. The van der Waals surface area contributed by atoms with E-state index < -0.39 is 11.8 Å². The van der Waals surface area contributed by atoms with Crippen LogP contribution < -0.4 is 20.7 Å². The minimum Gasteiger partial charge on any atom is -0.494 e. The molecule has 9 nitrogen and oxygen atoms in total. The summed E-state index contributed by atoms with van der Waals surface area (Å²) in [4.78, 5) is 37.9. The quantitative estimate of drug-likeness (QED) is 0.180. The average molecular weight is 580 g/mol. The number of hydrogen-bond donors (Lipinski definition) is 4. The summed E-state index contributed by atoms with van der Waals surface area (Å²) in [6.45, 7) is 1.17. The zero-order valence-electron chi connectivity index (χ0n) is 19.4. The van der Waals surface area contributed by atoms with Gasteiger partial charge < -0.3 is 25.7 Å². The van der Waals surface area contributed by atoms with E-state index in [0.29, 0.717) is 28.0 Å². The summed E-state index contributed by atoms with van der Waals surface area (Å²) in [6.07, 6.45) is 5.61. The predicted molar refractivity (Wildman–Crippen MR) is 146 cm³/mol. The molecule has 2 amide bonds. The molecule has 0 aliphatic carbocycles. The lowest BCUT2D eigenvalue weighted by Crippen LogP contribution is -2.19. The second kappa shape index (κ2) is 12.4. The molecule has 1 aromatic carbocycles. The number of imidazole rings is 1. The van der Waals surface area contributed by atoms with Gasteiger partial charge in [-0.25, -0.2) is 9.97 Å². The molecule has 0 fully saturated rings. The van der Waals surface area contributed by atoms with E-state index in [1.165, 1.54) is 36.8 Å². The number of rotatable bonds is 10. The number of nitrogens with one attached hydrogen (secondary N) is 4. The molecule has 3 aromatic heterocycles. The van der Waals surface area contributed by atoms with Crippen LogP contribution in [-0.4, -0.2) is 40.4 Å². The Morgan fingerprint density at radius 3 is 2.62 bits per heavy atom. The van der Waals surface area contributed by atoms with Crippen molar-refractivity contribution < 1.29 is 14.3 Å². The summed E-state index contributed by atoms with van der Waals surface area (Å²) in [6, 6.07) is 6.07. The van der Waals surface area contributed by atoms with Crippen molar-refractivity contribution >= 4 is 69.5 Å². The second-order valence-corrected chi connectivity index (χ2v) is 9.80. The van der Waals surface area contributed by atoms with Crippen molar-refractivity contribution in [1.29, 1.82) is 0 Å². The Labute approximate surface area is 231 Å². The molecule has 0 atom stereocenters. The maximum atomic E-state index is 13.2. The smallest absolute Gasteiger partial charge is 0.267 e. The van der Waals surface area contributed by atoms with E-state index in [1.54, 1.807) is 24.5 Å². The van der Waals surface area contributed by atoms with Crippen LogP contribution in [0.3, 0.4) is 0 Å². The van der Waals surface area contributed by atoms with Gasteiger partial charge in [0.1, 0.15) is 22.3 Å². The van der Waals surface area contributed by atoms with E-state index >= 15 is 0 Å². The Balaban J connectivity index is 1.49. The Bertz CT molecular complexity index is 1390. The molecule has 4 aromatic rings. The van der Waals surface area contributed by atoms with Crippen LogP contribution in [0.15, 0.2) is 48.2 Å². The maximum Gasteiger partial charge on any atom is 0.267 e. The van der Waals surface area contributed by atoms with Gasteiger partial charge in [-0.1, -0.05) is 34.8 Å². The summed E-state index contributed by atoms with van der Waals surface area (Å²) in [7, 11) is 1.41. The number of thiophene rings is 1. The number of anilines is 2. The standard InChI is InChI=1S/C24H21Cl3N6O3S/c1-36-17-9-15(26)8-16(23(34)32-19-3-2-14(25)11-31-19)21(17)33-24(35)22-20(27)13(12-37-22)10-28-5-4-18-29-6-7-30-18/h2-3,6-9,11-12,28H,4-5,10H2,1H3,(H,29,30)(H,33,35)(H,31,32,34). The van der Waals surface area contributed by atoms with Crippen LogP contribution in [0.1, 0.15) is 31.4 Å². The van der Waals surface area contributed by atoms with Crippen molar-refractivity contribution in [3.05, 3.63) is 85.1 Å². The zero-order chi connectivity index (χ0) is 26.4. The van der Waals surface area contributed by atoms with E-state index in [2.05, 4.69) is 30.9 Å². The normalized spacial score (nSPS) is 10.8. The third kappa shape index (κ3) is 6.79. The monoisotopic (exact) mass is 578 g/mol. The molecule has 3 heterocycles. The summed E-state index contributed by atoms with van der Waals surface area (Å²) < 4.78 is 5.39. The van der Waals surface area contributed by atoms with Gasteiger partial charge in [0.15, 0.2) is 0 Å². The van der Waals surface area contributed by atoms with Crippen molar-refractivity contribution in [3.63, 3.8) is 0 Å². The molecule has 0 spiro atoms. The lowest BCUT2D eigenvalue weighted by Gasteiger charge is -2.15. The highest BCUT2D eigenvalue weighted by atomic mass is 35.5. The molecule has 13 heteroatoms. The van der Waals surface area contributed by atoms with Crippen molar-refractivity contribution in [2.45, 2.75) is 13.0 Å². The largest absolute Gasteiger partial charge is 0.494 e. The topological polar surface area (TPSA) is 121 Å². The molecule has 4 rings (SSSR count). The average Bonchev–Trinajstić information content (AvgIpc) is 3.53. The van der Waals surface area contributed by atoms with Gasteiger partial charge in [0.05, 0.1) is 28.4 Å². The number of hydrogen-bond acceptors (Lipinski definition) is 7. The van der Waals surface area contributed by atoms with Crippen LogP contribution in [0, 0.1) is 0 Å². The highest BCUT2D eigenvalue weighted by molar-refractivity contribution is 7.13. The highest BCUT2D eigenvalue weighted by Gasteiger charge is 2.23. The number of amides is 2. The van der Waals surface area contributed by atoms with E-state index in [0.717, 1.165) is 17.8 Å². The SMILES string of the molecule is COc1cc(Cl)cc(C(=O)Nc2ccc(Cl)cn2)c1NC(=O)c1scc(CNCCc2ncc[nH]2)c1Cl. The summed E-state index contributed by atoms with van der Waals surface area (Å²) in [5.74, 6) is 0.326. The molecule has 0 aliphatic heterocycles. The number of carbonyl (C=O) groups is 2. The molecule has 0 unspecified atom stereocenters. The van der Waals surface area contributed by atoms with E-state index in [9.17, 15) is 9.59 Å². The van der Waals surface area contributed by atoms with Gasteiger partial charge in [0, 0.05) is 49.2 Å². The number of halogens is 3. The van der Waals surface area contributed by atoms with Crippen molar-refractivity contribution in [3.8, 4) is 5.75 Å². The maximum absolute atomic E-state index is 13.2. The van der Waals surface area contributed by atoms with Crippen molar-refractivity contribution in [1.82, 2.24) is 20.3 Å². The molecule has 0 radical (unpaired) electrons. The summed E-state index contributed by atoms with van der Waals surface area (Å²) >= 11 is 19.8. The van der Waals surface area contributed by atoms with Crippen LogP contribution in [0.5, 0.6) is 5.75 Å². The van der Waals surface area contributed by atoms with E-state index in [4.69, 9.17) is 39.5 Å². The molecule has 0 bridgehead atoms. The van der Waals surface area contributed by atoms with Crippen LogP contribution in [-0.2, 0) is 13.0 Å². The fourth-order valence-corrected chi connectivity index (χ4v) is 4.95. The first-order valence-corrected chi connectivity index (χ1v) is 12.9. The van der Waals surface area contributed by atoms with Crippen LogP contribution in [0.4, 0.5) is 11.5 Å². The van der Waals surface area contributed by atoms with Gasteiger partial charge in [0.2, 0.25) is 0 Å². The highest BCUT2D eigenvalue weighted by Crippen LogP contribution is 2.35. The Hall–Kier alpha value is -3.15. The molecular formula is C24H21Cl3N6O3S. The second-order valence-electron chi connectivity index (χ2n) is 7.67. The lowest BCUT2D eigenvalue weighted by atomic mass is 10.1. The number of pyridine rings is 1. The predicted octanol–water partition coefficient (Wildman–Crippen LogP) is 5.67. The minimum atomic E-state index is -0.551. The number of methoxy groups -OCH3 is 1. The van der Waals surface area contributed by atoms with Crippen LogP contribution in [0.2, 0.25) is 15.1 Å². The van der Waals surface area contributed by atoms with E-state index in [1.807, 2.05) is 5.38 Å². The van der Waals surface area contributed by atoms with Gasteiger partial charge >= 0.3 is 0 Å². The van der Waals surface area contributed by atoms with Gasteiger partial charge in [-0.2, -0.15) is 0 Å². The molecule has 4 N–H and O–H groups in total. The van der Waals surface area contributed by atoms with Gasteiger partial charge in [-0.3, -0.25) is 9.59 Å². The molecule has 37 heavy (non-hydrogen) atoms. The molecule has 0 aliphatic rings. The molecular weight excluding hydrogens is 559 g/mol. The van der Waals surface area contributed by atoms with Gasteiger partial charge in [-0.15, -0.1) is 11.3 Å². The number of carbonyl (C=O) groups excluding carboxylic acids is 2. The lowest BCUT2D eigenvalue weighted by molar-refractivity contribution is 0.102. The Kier molecular flexibility index (Phi) is 9.01. The molecule has 0 saturated carbocycles. The Morgan fingerprint density at radius 2 is 1.92 bits per heavy atom. The number of benzene rings is 1. The fraction of sp³-hybridized carbons (Fsp3) is 0.167. The molecule has 0 saturated heterocycles. The summed E-state index contributed by atoms with van der Waals surface area (Å²) in [5.41, 5.74) is 1.01. The van der Waals surface area contributed by atoms with Gasteiger partial charge in [-0.05, 0) is 29.1 Å². The number of H-pyrrole nitrogens is 1. The third-order valence-corrected chi connectivity index (χ3v) is 7.17. The van der Waals surface area contributed by atoms with Crippen molar-refractivity contribution in [2.75, 3.05) is 24.3 Å². The first-order valence-electron chi connectivity index (χ1n) is 10.9. The first-order chi connectivity index (χ1) is 17.9. The number of aromatic nitrogens is 3. The van der Waals surface area contributed by atoms with Gasteiger partial charge in [0.25, 0.3) is 11.8 Å². The zero-order valence-corrected chi connectivity index (χ0v) is 22.5. The third-order valence-electron chi connectivity index (χ3n) is 5.15. The van der Waals surface area contributed by atoms with Crippen LogP contribution >= 0.6 is 46.1 Å². The molecule has 192 valence electrons. The minimum absolute atomic E-state index is 0.0851. The van der Waals surface area contributed by atoms with Crippen molar-refractivity contribution in [2.24, 2.45) is 0 Å². The number of aromatic amines is 1. The first kappa shape index (κ1) is 26.9. The Morgan fingerprint density at radius 1 is 1.08 bits per heavy atom. The number of nitrogens with zero attached hydrogens (tertiary/aromatic N) is 2. The van der Waals surface area contributed by atoms with Crippen LogP contribution in [0.25, 0.3) is 0 Å². The number of ether oxygens (including phenoxy) is 1. The van der Waals surface area contributed by atoms with E-state index in [-0.39, 0.29) is 27.8 Å². The fourth-order valence-electron chi connectivity index (χ4n) is 3.37.